The maximum absolute atomic E-state index is 15.0. The van der Waals surface area contributed by atoms with Crippen molar-refractivity contribution in [2.45, 2.75) is 47.9 Å². The summed E-state index contributed by atoms with van der Waals surface area (Å²) in [6.45, 7) is 0. The van der Waals surface area contributed by atoms with Crippen LogP contribution in [0.2, 0.25) is 0 Å². The normalized spacial score (nSPS) is 13.2. The number of carbonyl (C=O) groups is 4. The third kappa shape index (κ3) is 15.2. The Morgan fingerprint density at radius 2 is 0.785 bits per heavy atom. The molecule has 0 fully saturated rings. The van der Waals surface area contributed by atoms with Crippen molar-refractivity contribution < 1.29 is 103 Å². The third-order valence-corrected chi connectivity index (χ3v) is 14.9. The van der Waals surface area contributed by atoms with Gasteiger partial charge in [0.2, 0.25) is 0 Å². The van der Waals surface area contributed by atoms with Crippen LogP contribution >= 0.6 is 63.7 Å². The fourth-order valence-electron chi connectivity index (χ4n) is 7.72. The molecule has 0 radical (unpaired) electrons. The lowest BCUT2D eigenvalue weighted by Crippen LogP contribution is -2.59. The van der Waals surface area contributed by atoms with Crippen molar-refractivity contribution in [2.75, 3.05) is 21.7 Å². The maximum Gasteiger partial charge on any atom is 0.457 e. The molecule has 2 heterocycles. The van der Waals surface area contributed by atoms with E-state index in [2.05, 4.69) is 99.8 Å². The number of carbonyl (C=O) groups excluding carboxylic acids is 3. The van der Waals surface area contributed by atoms with Crippen LogP contribution in [0, 0.1) is 22.7 Å². The fraction of sp³-hybridized carbons (Fsp3) is 0.148. The van der Waals surface area contributed by atoms with Crippen LogP contribution < -0.4 is 21.7 Å². The van der Waals surface area contributed by atoms with Crippen molar-refractivity contribution in [3.63, 3.8) is 0 Å². The molecule has 0 aliphatic carbocycles. The average molecular weight is 1590 g/mol. The number of alkyl halides is 18. The molecular formula is C54H28Br4F18N12O5. The summed E-state index contributed by atoms with van der Waals surface area (Å²) in [4.78, 5) is 56.6. The highest BCUT2D eigenvalue weighted by molar-refractivity contribution is 9.11. The van der Waals surface area contributed by atoms with Gasteiger partial charge in [-0.05, 0) is 173 Å². The number of carboxylic acid groups (broad SMARTS) is 1. The first-order valence-corrected chi connectivity index (χ1v) is 27.4. The zero-order chi connectivity index (χ0) is 69.8. The molecule has 0 aliphatic heterocycles. The molecule has 93 heavy (non-hydrogen) atoms. The largest absolute Gasteiger partial charge is 0.478 e. The predicted molar refractivity (Wildman–Crippen MR) is 304 cm³/mol. The average Bonchev–Trinajstić information content (AvgIpc) is 1.22. The van der Waals surface area contributed by atoms with Crippen molar-refractivity contribution in [1.82, 2.24) is 29.5 Å². The van der Waals surface area contributed by atoms with E-state index < -0.39 is 106 Å². The Labute approximate surface area is 540 Å². The molecule has 2 aromatic heterocycles. The summed E-state index contributed by atoms with van der Waals surface area (Å²) in [5.74, 6) is -17.3. The zero-order valence-corrected chi connectivity index (χ0v) is 51.1. The van der Waals surface area contributed by atoms with Crippen LogP contribution in [-0.2, 0) is 11.3 Å². The van der Waals surface area contributed by atoms with Gasteiger partial charge in [0, 0.05) is 45.7 Å². The van der Waals surface area contributed by atoms with E-state index in [0.717, 1.165) is 0 Å². The first kappa shape index (κ1) is 73.0. The van der Waals surface area contributed by atoms with Crippen molar-refractivity contribution in [1.29, 1.82) is 10.5 Å². The van der Waals surface area contributed by atoms with Gasteiger partial charge in [-0.2, -0.15) is 91.0 Å². The number of amides is 3. The lowest BCUT2D eigenvalue weighted by Gasteiger charge is -2.36. The lowest BCUT2D eigenvalue weighted by molar-refractivity contribution is -0.389. The molecule has 0 bridgehead atoms. The standard InChI is InChI=1S/C27H13Br2F9N6O2.C19H10Br2F9N5O.C8H5NO2/c28-17-8-16(24(30,26(33,34)35)25(31,32)27(36,37)38)9-18(29)21(17)43-23(46)15-5-6-20(44-12-40-11-41-44)19(7-15)42-22(45)14-3-1-13(10-39)2-4-14;20-10-4-9(16(22,18(25,26)27)17(23,24)19(28,29)30)5-11(21)14(10)34-15(36)8-1-2-13(12(31)3-8)35-7-32-6-33-35;9-5-6-1-3-7(4-2-6)8(10)11/h1-9,11-12H,(H,42,45)(H,43,46);1-7H,31H2,(H,34,36);1-4H,(H,10,11). The van der Waals surface area contributed by atoms with Gasteiger partial charge in [0.05, 0.1) is 63.0 Å². The molecule has 8 aromatic rings. The van der Waals surface area contributed by atoms with E-state index >= 15 is 4.39 Å². The van der Waals surface area contributed by atoms with E-state index in [1.165, 1.54) is 120 Å². The predicted octanol–water partition coefficient (Wildman–Crippen LogP) is 15.9. The lowest BCUT2D eigenvalue weighted by atomic mass is 9.87. The zero-order valence-electron chi connectivity index (χ0n) is 44.8. The topological polar surface area (TPSA) is 260 Å². The highest BCUT2D eigenvalue weighted by atomic mass is 79.9. The number of benzene rings is 6. The summed E-state index contributed by atoms with van der Waals surface area (Å²) in [5.41, 5.74) is -10.0. The van der Waals surface area contributed by atoms with Crippen molar-refractivity contribution in [3.05, 3.63) is 197 Å². The van der Waals surface area contributed by atoms with Gasteiger partial charge in [0.25, 0.3) is 17.7 Å². The van der Waals surface area contributed by atoms with Crippen molar-refractivity contribution in [2.24, 2.45) is 0 Å². The molecule has 39 heteroatoms. The van der Waals surface area contributed by atoms with Crippen LogP contribution in [0.4, 0.5) is 102 Å². The molecule has 0 saturated heterocycles. The van der Waals surface area contributed by atoms with Crippen molar-refractivity contribution in [3.8, 4) is 23.5 Å². The molecule has 0 saturated carbocycles. The molecule has 8 rings (SSSR count). The molecule has 0 aliphatic rings. The second kappa shape index (κ2) is 27.6. The number of halogens is 22. The minimum atomic E-state index is -6.92. The minimum Gasteiger partial charge on any atom is -0.478 e. The number of aromatic carboxylic acids is 1. The van der Waals surface area contributed by atoms with Crippen LogP contribution in [0.15, 0.2) is 152 Å². The molecule has 6 N–H and O–H groups in total. The van der Waals surface area contributed by atoms with Crippen molar-refractivity contribution >= 4 is 110 Å². The first-order valence-electron chi connectivity index (χ1n) is 24.3. The summed E-state index contributed by atoms with van der Waals surface area (Å²) in [6.07, 6.45) is -22.2. The first-order chi connectivity index (χ1) is 43.0. The molecular weight excluding hydrogens is 1560 g/mol. The van der Waals surface area contributed by atoms with E-state index in [-0.39, 0.29) is 74.8 Å². The van der Waals surface area contributed by atoms with Crippen LogP contribution in [0.1, 0.15) is 63.7 Å². The van der Waals surface area contributed by atoms with Gasteiger partial charge in [0.15, 0.2) is 0 Å². The third-order valence-electron chi connectivity index (χ3n) is 12.4. The Morgan fingerprint density at radius 3 is 1.11 bits per heavy atom. The van der Waals surface area contributed by atoms with Gasteiger partial charge < -0.3 is 26.8 Å². The van der Waals surface area contributed by atoms with Crippen LogP contribution in [0.25, 0.3) is 11.4 Å². The van der Waals surface area contributed by atoms with E-state index in [4.69, 9.17) is 21.4 Å². The van der Waals surface area contributed by atoms with Gasteiger partial charge in [-0.3, -0.25) is 14.4 Å². The molecule has 0 spiro atoms. The number of nitriles is 2. The maximum atomic E-state index is 15.0. The number of nitrogen functional groups attached to an aromatic ring is 1. The smallest absolute Gasteiger partial charge is 0.457 e. The molecule has 6 aromatic carbocycles. The Bertz CT molecular complexity index is 4160. The molecule has 488 valence electrons. The monoisotopic (exact) mass is 1580 g/mol. The fourth-order valence-corrected chi connectivity index (χ4v) is 10.5. The van der Waals surface area contributed by atoms with Gasteiger partial charge in [0.1, 0.15) is 25.3 Å². The summed E-state index contributed by atoms with van der Waals surface area (Å²) < 4.78 is 243. The van der Waals surface area contributed by atoms with Gasteiger partial charge in [-0.15, -0.1) is 0 Å². The number of carboxylic acids is 1. The number of hydrogen-bond donors (Lipinski definition) is 5. The number of nitrogens with one attached hydrogen (secondary N) is 3. The molecule has 2 atom stereocenters. The number of anilines is 4. The highest BCUT2D eigenvalue weighted by Gasteiger charge is 2.83. The number of hydrogen-bond acceptors (Lipinski definition) is 11. The quantitative estimate of drug-likeness (QED) is 0.0533. The summed E-state index contributed by atoms with van der Waals surface area (Å²) in [6, 6.07) is 22.9. The number of nitrogens with zero attached hydrogens (tertiary/aromatic N) is 8. The SMILES string of the molecule is N#Cc1ccc(C(=O)Nc2cc(C(=O)Nc3c(Br)cc(C(F)(C(F)(F)F)C(F)(F)C(F)(F)F)cc3Br)ccc2-n2cncn2)cc1.N#Cc1ccc(C(=O)O)cc1.Nc1cc(C(=O)Nc2c(Br)cc(C(F)(C(F)(F)F)C(F)(F)C(F)(F)F)cc2Br)ccc1-n1cncn1. The van der Waals surface area contributed by atoms with Gasteiger partial charge in [-0.25, -0.2) is 32.9 Å². The number of aromatic nitrogens is 6. The van der Waals surface area contributed by atoms with Gasteiger partial charge in [-0.1, -0.05) is 0 Å². The Morgan fingerprint density at radius 1 is 0.452 bits per heavy atom. The van der Waals surface area contributed by atoms with Crippen LogP contribution in [0.5, 0.6) is 0 Å². The Kier molecular flexibility index (Phi) is 21.7. The summed E-state index contributed by atoms with van der Waals surface area (Å²) in [7, 11) is 0. The van der Waals surface area contributed by atoms with E-state index in [0.29, 0.717) is 11.3 Å². The van der Waals surface area contributed by atoms with E-state index in [1.807, 2.05) is 12.1 Å². The summed E-state index contributed by atoms with van der Waals surface area (Å²) in [5, 5.41) is 40.7. The van der Waals surface area contributed by atoms with Gasteiger partial charge >= 0.3 is 53.9 Å². The second-order valence-electron chi connectivity index (χ2n) is 18.3. The Balaban J connectivity index is 0.000000258. The molecule has 17 nitrogen and oxygen atoms in total. The second-order valence-corrected chi connectivity index (χ2v) is 21.7. The van der Waals surface area contributed by atoms with E-state index in [9.17, 15) is 93.8 Å². The molecule has 2 unspecified atom stereocenters. The van der Waals surface area contributed by atoms with Crippen LogP contribution in [-0.4, -0.2) is 94.9 Å². The highest BCUT2D eigenvalue weighted by Crippen LogP contribution is 2.61. The number of rotatable bonds is 13. The van der Waals surface area contributed by atoms with E-state index in [1.54, 1.807) is 0 Å². The van der Waals surface area contributed by atoms with Crippen LogP contribution in [0.3, 0.4) is 0 Å². The molecule has 3 amide bonds. The number of nitrogens with two attached hydrogens (primary N) is 1. The minimum absolute atomic E-state index is 0.00256. The Hall–Kier alpha value is -9.08. The summed E-state index contributed by atoms with van der Waals surface area (Å²) >= 11 is 10.8.